The molecule has 0 unspecified atom stereocenters. The van der Waals surface area contributed by atoms with Gasteiger partial charge in [-0.1, -0.05) is 13.0 Å². The SMILES string of the molecule is CC1CC(CN)(C(=O)Nc2cccc(F)c2)C1. The van der Waals surface area contributed by atoms with Crippen molar-refractivity contribution >= 4 is 11.6 Å². The second kappa shape index (κ2) is 4.45. The van der Waals surface area contributed by atoms with E-state index in [1.54, 1.807) is 12.1 Å². The van der Waals surface area contributed by atoms with Crippen LogP contribution in [0.1, 0.15) is 19.8 Å². The Morgan fingerprint density at radius 2 is 2.29 bits per heavy atom. The van der Waals surface area contributed by atoms with Crippen molar-refractivity contribution in [1.82, 2.24) is 0 Å². The minimum absolute atomic E-state index is 0.0938. The highest BCUT2D eigenvalue weighted by Gasteiger charge is 2.47. The molecule has 1 aromatic carbocycles. The monoisotopic (exact) mass is 236 g/mol. The second-order valence-corrected chi connectivity index (χ2v) is 4.96. The molecule has 0 spiro atoms. The van der Waals surface area contributed by atoms with Crippen LogP contribution in [0.3, 0.4) is 0 Å². The highest BCUT2D eigenvalue weighted by molar-refractivity contribution is 5.96. The van der Waals surface area contributed by atoms with E-state index in [1.165, 1.54) is 12.1 Å². The standard InChI is InChI=1S/C13H17FN2O/c1-9-6-13(7-9,8-15)12(17)16-11-4-2-3-10(14)5-11/h2-5,9H,6-8,15H2,1H3,(H,16,17). The molecule has 0 aliphatic heterocycles. The van der Waals surface area contributed by atoms with Gasteiger partial charge in [-0.25, -0.2) is 4.39 Å². The van der Waals surface area contributed by atoms with E-state index in [0.717, 1.165) is 12.8 Å². The van der Waals surface area contributed by atoms with Crippen LogP contribution >= 0.6 is 0 Å². The van der Waals surface area contributed by atoms with Crippen LogP contribution in [-0.2, 0) is 4.79 Å². The molecule has 0 aromatic heterocycles. The molecular formula is C13H17FN2O. The summed E-state index contributed by atoms with van der Waals surface area (Å²) in [6.45, 7) is 2.45. The molecular weight excluding hydrogens is 219 g/mol. The van der Waals surface area contributed by atoms with E-state index in [2.05, 4.69) is 12.2 Å². The Bertz CT molecular complexity index is 427. The fraction of sp³-hybridized carbons (Fsp3) is 0.462. The molecule has 17 heavy (non-hydrogen) atoms. The van der Waals surface area contributed by atoms with Crippen molar-refractivity contribution < 1.29 is 9.18 Å². The molecule has 4 heteroatoms. The maximum Gasteiger partial charge on any atom is 0.231 e. The summed E-state index contributed by atoms with van der Waals surface area (Å²) in [5, 5.41) is 2.74. The normalized spacial score (nSPS) is 27.4. The van der Waals surface area contributed by atoms with Gasteiger partial charge >= 0.3 is 0 Å². The van der Waals surface area contributed by atoms with Crippen molar-refractivity contribution in [2.24, 2.45) is 17.1 Å². The maximum absolute atomic E-state index is 13.0. The summed E-state index contributed by atoms with van der Waals surface area (Å²) < 4.78 is 13.0. The molecule has 92 valence electrons. The maximum atomic E-state index is 13.0. The van der Waals surface area contributed by atoms with Crippen LogP contribution < -0.4 is 11.1 Å². The predicted molar refractivity (Wildman–Crippen MR) is 64.9 cm³/mol. The molecule has 1 aromatic rings. The molecule has 1 amide bonds. The molecule has 0 bridgehead atoms. The first-order chi connectivity index (χ1) is 8.05. The Morgan fingerprint density at radius 3 is 2.82 bits per heavy atom. The zero-order chi connectivity index (χ0) is 12.5. The number of nitrogens with one attached hydrogen (secondary N) is 1. The highest BCUT2D eigenvalue weighted by Crippen LogP contribution is 2.45. The van der Waals surface area contributed by atoms with Gasteiger partial charge in [-0.3, -0.25) is 4.79 Å². The molecule has 1 aliphatic rings. The number of hydrogen-bond donors (Lipinski definition) is 2. The molecule has 3 nitrogen and oxygen atoms in total. The third-order valence-electron chi connectivity index (χ3n) is 3.43. The lowest BCUT2D eigenvalue weighted by molar-refractivity contribution is -0.132. The summed E-state index contributed by atoms with van der Waals surface area (Å²) in [5.74, 6) is 0.0899. The number of hydrogen-bond acceptors (Lipinski definition) is 2. The van der Waals surface area contributed by atoms with Crippen LogP contribution in [0.15, 0.2) is 24.3 Å². The number of rotatable bonds is 3. The predicted octanol–water partition coefficient (Wildman–Crippen LogP) is 2.14. The van der Waals surface area contributed by atoms with Crippen LogP contribution in [0.4, 0.5) is 10.1 Å². The van der Waals surface area contributed by atoms with Crippen molar-refractivity contribution in [3.63, 3.8) is 0 Å². The van der Waals surface area contributed by atoms with E-state index in [9.17, 15) is 9.18 Å². The quantitative estimate of drug-likeness (QED) is 0.844. The topological polar surface area (TPSA) is 55.1 Å². The number of halogens is 1. The third-order valence-corrected chi connectivity index (χ3v) is 3.43. The number of anilines is 1. The lowest BCUT2D eigenvalue weighted by atomic mass is 9.62. The summed E-state index contributed by atoms with van der Waals surface area (Å²) >= 11 is 0. The fourth-order valence-corrected chi connectivity index (χ4v) is 2.55. The van der Waals surface area contributed by atoms with E-state index in [0.29, 0.717) is 18.2 Å². The molecule has 0 heterocycles. The van der Waals surface area contributed by atoms with Gasteiger partial charge in [0.15, 0.2) is 0 Å². The van der Waals surface area contributed by atoms with Gasteiger partial charge in [-0.05, 0) is 37.0 Å². The van der Waals surface area contributed by atoms with Crippen LogP contribution in [0.25, 0.3) is 0 Å². The summed E-state index contributed by atoms with van der Waals surface area (Å²) in [5.41, 5.74) is 5.72. The van der Waals surface area contributed by atoms with Crippen LogP contribution in [0.2, 0.25) is 0 Å². The summed E-state index contributed by atoms with van der Waals surface area (Å²) in [4.78, 5) is 12.1. The summed E-state index contributed by atoms with van der Waals surface area (Å²) in [7, 11) is 0. The first-order valence-electron chi connectivity index (χ1n) is 5.83. The van der Waals surface area contributed by atoms with Gasteiger partial charge in [0.05, 0.1) is 5.41 Å². The van der Waals surface area contributed by atoms with Crippen molar-refractivity contribution in [2.75, 3.05) is 11.9 Å². The molecule has 1 fully saturated rings. The van der Waals surface area contributed by atoms with E-state index >= 15 is 0 Å². The number of benzene rings is 1. The van der Waals surface area contributed by atoms with E-state index < -0.39 is 5.41 Å². The second-order valence-electron chi connectivity index (χ2n) is 4.96. The Balaban J connectivity index is 2.06. The number of carbonyl (C=O) groups excluding carboxylic acids is 1. The van der Waals surface area contributed by atoms with Crippen molar-refractivity contribution in [1.29, 1.82) is 0 Å². The minimum atomic E-state index is -0.453. The molecule has 0 saturated heterocycles. The van der Waals surface area contributed by atoms with Gasteiger partial charge in [0, 0.05) is 12.2 Å². The van der Waals surface area contributed by atoms with Gasteiger partial charge in [0.25, 0.3) is 0 Å². The Labute approximate surface area is 100 Å². The average molecular weight is 236 g/mol. The first kappa shape index (κ1) is 12.0. The zero-order valence-corrected chi connectivity index (χ0v) is 9.87. The van der Waals surface area contributed by atoms with Crippen LogP contribution in [0.5, 0.6) is 0 Å². The van der Waals surface area contributed by atoms with Gasteiger partial charge in [0.2, 0.25) is 5.91 Å². The molecule has 0 radical (unpaired) electrons. The molecule has 2 rings (SSSR count). The summed E-state index contributed by atoms with van der Waals surface area (Å²) in [6.07, 6.45) is 1.62. The largest absolute Gasteiger partial charge is 0.329 e. The lowest BCUT2D eigenvalue weighted by Crippen LogP contribution is -2.51. The van der Waals surface area contributed by atoms with Crippen molar-refractivity contribution in [2.45, 2.75) is 19.8 Å². The Hall–Kier alpha value is -1.42. The summed E-state index contributed by atoms with van der Waals surface area (Å²) in [6, 6.07) is 5.90. The third kappa shape index (κ3) is 2.31. The highest BCUT2D eigenvalue weighted by atomic mass is 19.1. The van der Waals surface area contributed by atoms with Crippen molar-refractivity contribution in [3.05, 3.63) is 30.1 Å². The minimum Gasteiger partial charge on any atom is -0.329 e. The van der Waals surface area contributed by atoms with Crippen LogP contribution in [0, 0.1) is 17.2 Å². The number of amides is 1. The smallest absolute Gasteiger partial charge is 0.231 e. The fourth-order valence-electron chi connectivity index (χ4n) is 2.55. The van der Waals surface area contributed by atoms with E-state index in [4.69, 9.17) is 5.73 Å². The Kier molecular flexibility index (Phi) is 3.15. The first-order valence-corrected chi connectivity index (χ1v) is 5.83. The van der Waals surface area contributed by atoms with Crippen LogP contribution in [-0.4, -0.2) is 12.5 Å². The van der Waals surface area contributed by atoms with Gasteiger partial charge in [-0.2, -0.15) is 0 Å². The molecule has 3 N–H and O–H groups in total. The van der Waals surface area contributed by atoms with E-state index in [-0.39, 0.29) is 11.7 Å². The number of carbonyl (C=O) groups is 1. The van der Waals surface area contributed by atoms with Gasteiger partial charge < -0.3 is 11.1 Å². The number of nitrogens with two attached hydrogens (primary N) is 1. The lowest BCUT2D eigenvalue weighted by Gasteiger charge is -2.44. The molecule has 1 saturated carbocycles. The van der Waals surface area contributed by atoms with Gasteiger partial charge in [-0.15, -0.1) is 0 Å². The molecule has 1 aliphatic carbocycles. The average Bonchev–Trinajstić information content (AvgIpc) is 2.24. The molecule has 0 atom stereocenters. The van der Waals surface area contributed by atoms with E-state index in [1.807, 2.05) is 0 Å². The zero-order valence-electron chi connectivity index (χ0n) is 9.87. The Morgan fingerprint density at radius 1 is 1.59 bits per heavy atom. The van der Waals surface area contributed by atoms with Gasteiger partial charge in [0.1, 0.15) is 5.82 Å². The van der Waals surface area contributed by atoms with Crippen molar-refractivity contribution in [3.8, 4) is 0 Å².